The van der Waals surface area contributed by atoms with Gasteiger partial charge in [-0.3, -0.25) is 18.9 Å². The summed E-state index contributed by atoms with van der Waals surface area (Å²) in [7, 11) is -3.03. The van der Waals surface area contributed by atoms with Crippen LogP contribution in [0.4, 0.5) is 10.1 Å². The van der Waals surface area contributed by atoms with Gasteiger partial charge in [0.05, 0.1) is 31.2 Å². The van der Waals surface area contributed by atoms with Gasteiger partial charge in [0.2, 0.25) is 0 Å². The van der Waals surface area contributed by atoms with Crippen molar-refractivity contribution in [3.8, 4) is 5.75 Å². The fourth-order valence-corrected chi connectivity index (χ4v) is 5.89. The van der Waals surface area contributed by atoms with Crippen molar-refractivity contribution in [2.75, 3.05) is 30.5 Å². The first-order valence-corrected chi connectivity index (χ1v) is 13.5. The second-order valence-electron chi connectivity index (χ2n) is 10.4. The fraction of sp³-hybridized carbons (Fsp3) is 0.462. The molecule has 2 fully saturated rings. The number of rotatable bonds is 6. The van der Waals surface area contributed by atoms with E-state index in [4.69, 9.17) is 15.2 Å². The first-order chi connectivity index (χ1) is 16.4. The molecule has 0 amide bonds. The number of anilines is 1. The second kappa shape index (κ2) is 9.89. The van der Waals surface area contributed by atoms with Crippen molar-refractivity contribution >= 4 is 27.8 Å². The Morgan fingerprint density at radius 2 is 1.94 bits per heavy atom. The number of ether oxygens (including phenoxy) is 2. The SMILES string of the molecule is CC(C)(C)c1cccc(CN=C2CS(O)(O)C[C@@H](Cc3cc(F)c(N)c(OC4COC4)c3)C2=O)c1. The minimum atomic E-state index is -3.03. The minimum absolute atomic E-state index is 0.0208. The Kier molecular flexibility index (Phi) is 7.24. The van der Waals surface area contributed by atoms with Crippen LogP contribution in [0.15, 0.2) is 41.4 Å². The first-order valence-electron chi connectivity index (χ1n) is 11.6. The number of carbonyl (C=O) groups excluding carboxylic acids is 1. The summed E-state index contributed by atoms with van der Waals surface area (Å²) >= 11 is 0. The maximum Gasteiger partial charge on any atom is 0.183 e. The Balaban J connectivity index is 1.53. The maximum atomic E-state index is 14.5. The van der Waals surface area contributed by atoms with Crippen molar-refractivity contribution in [1.29, 1.82) is 0 Å². The van der Waals surface area contributed by atoms with Crippen LogP contribution in [-0.4, -0.2) is 51.4 Å². The first kappa shape index (κ1) is 25.6. The average molecular weight is 505 g/mol. The topological polar surface area (TPSA) is 114 Å². The monoisotopic (exact) mass is 504 g/mol. The van der Waals surface area contributed by atoms with E-state index in [2.05, 4.69) is 37.9 Å². The number of aliphatic imine (C=N–C) groups is 1. The highest BCUT2D eigenvalue weighted by atomic mass is 32.3. The lowest BCUT2D eigenvalue weighted by Gasteiger charge is -2.40. The molecule has 7 nitrogen and oxygen atoms in total. The molecule has 2 aromatic carbocycles. The highest BCUT2D eigenvalue weighted by Crippen LogP contribution is 2.45. The summed E-state index contributed by atoms with van der Waals surface area (Å²) in [5, 5.41) is 0. The third-order valence-electron chi connectivity index (χ3n) is 6.27. The molecule has 2 heterocycles. The predicted molar refractivity (Wildman–Crippen MR) is 137 cm³/mol. The van der Waals surface area contributed by atoms with Crippen molar-refractivity contribution in [3.05, 3.63) is 58.9 Å². The van der Waals surface area contributed by atoms with Crippen LogP contribution in [0.3, 0.4) is 0 Å². The van der Waals surface area contributed by atoms with Gasteiger partial charge in [-0.2, -0.15) is 10.6 Å². The van der Waals surface area contributed by atoms with E-state index in [1.807, 2.05) is 12.1 Å². The van der Waals surface area contributed by atoms with Gasteiger partial charge in [0.15, 0.2) is 5.78 Å². The maximum absolute atomic E-state index is 14.5. The summed E-state index contributed by atoms with van der Waals surface area (Å²) in [5.41, 5.74) is 8.48. The van der Waals surface area contributed by atoms with Crippen LogP contribution in [0.5, 0.6) is 5.75 Å². The number of nitrogen functional groups attached to an aromatic ring is 1. The van der Waals surface area contributed by atoms with E-state index in [1.165, 1.54) is 6.07 Å². The van der Waals surface area contributed by atoms with Gasteiger partial charge in [0.1, 0.15) is 23.4 Å². The van der Waals surface area contributed by atoms with Crippen molar-refractivity contribution in [2.24, 2.45) is 10.9 Å². The van der Waals surface area contributed by atoms with Gasteiger partial charge in [-0.1, -0.05) is 45.0 Å². The summed E-state index contributed by atoms with van der Waals surface area (Å²) < 4.78 is 46.4. The fourth-order valence-electron chi connectivity index (χ4n) is 4.19. The molecule has 9 heteroatoms. The van der Waals surface area contributed by atoms with Crippen LogP contribution in [0.1, 0.15) is 37.5 Å². The van der Waals surface area contributed by atoms with Gasteiger partial charge in [0, 0.05) is 11.7 Å². The number of nitrogens with zero attached hydrogens (tertiary/aromatic N) is 1. The molecule has 0 radical (unpaired) electrons. The molecule has 2 aliphatic heterocycles. The highest BCUT2D eigenvalue weighted by molar-refractivity contribution is 8.25. The van der Waals surface area contributed by atoms with Gasteiger partial charge in [-0.15, -0.1) is 0 Å². The molecule has 0 spiro atoms. The molecule has 0 saturated carbocycles. The molecule has 0 aromatic heterocycles. The lowest BCUT2D eigenvalue weighted by Crippen LogP contribution is -2.40. The third kappa shape index (κ3) is 6.22. The number of hydrogen-bond donors (Lipinski definition) is 3. The molecule has 1 atom stereocenters. The molecule has 0 aliphatic carbocycles. The summed E-state index contributed by atoms with van der Waals surface area (Å²) in [6.07, 6.45) is -0.0622. The second-order valence-corrected chi connectivity index (χ2v) is 12.6. The molecule has 4 N–H and O–H groups in total. The van der Waals surface area contributed by atoms with Crippen LogP contribution in [0.25, 0.3) is 0 Å². The molecule has 2 aliphatic rings. The number of ketones is 1. The quantitative estimate of drug-likeness (QED) is 0.495. The zero-order chi connectivity index (χ0) is 25.4. The van der Waals surface area contributed by atoms with Gasteiger partial charge in [0.25, 0.3) is 0 Å². The molecule has 2 aromatic rings. The van der Waals surface area contributed by atoms with Crippen LogP contribution >= 0.6 is 10.6 Å². The summed E-state index contributed by atoms with van der Waals surface area (Å²) in [5.74, 6) is -1.64. The molecular formula is C26H33FN2O5S. The minimum Gasteiger partial charge on any atom is -0.483 e. The standard InChI is InChI=1S/C26H33FN2O5S/c1-26(2,3)19-6-4-5-16(8-19)11-29-22-15-35(31,32)14-18(25(22)30)7-17-9-21(27)24(28)23(10-17)34-20-12-33-13-20/h4-6,8-10,18,20,31-32H,7,11-15,28H2,1-3H3/t18-/m1/s1. The van der Waals surface area contributed by atoms with Gasteiger partial charge in [-0.05, 0) is 40.7 Å². The predicted octanol–water partition coefficient (Wildman–Crippen LogP) is 4.62. The number of benzene rings is 2. The average Bonchev–Trinajstić information content (AvgIpc) is 2.74. The highest BCUT2D eigenvalue weighted by Gasteiger charge is 2.37. The van der Waals surface area contributed by atoms with E-state index >= 15 is 0 Å². The van der Waals surface area contributed by atoms with E-state index in [9.17, 15) is 18.3 Å². The summed E-state index contributed by atoms with van der Waals surface area (Å²) in [4.78, 5) is 17.7. The third-order valence-corrected chi connectivity index (χ3v) is 7.94. The van der Waals surface area contributed by atoms with Crippen molar-refractivity contribution < 1.29 is 27.8 Å². The zero-order valence-electron chi connectivity index (χ0n) is 20.3. The van der Waals surface area contributed by atoms with E-state index in [0.29, 0.717) is 18.8 Å². The van der Waals surface area contributed by atoms with E-state index in [1.54, 1.807) is 6.07 Å². The van der Waals surface area contributed by atoms with Crippen LogP contribution < -0.4 is 10.5 Å². The van der Waals surface area contributed by atoms with Crippen molar-refractivity contribution in [3.63, 3.8) is 0 Å². The Morgan fingerprint density at radius 1 is 1.20 bits per heavy atom. The smallest absolute Gasteiger partial charge is 0.183 e. The number of Topliss-reactive ketones (excluding diaryl/α,β-unsaturated/α-hetero) is 1. The molecule has 190 valence electrons. The molecule has 0 bridgehead atoms. The lowest BCUT2D eigenvalue weighted by molar-refractivity contribution is -0.116. The largest absolute Gasteiger partial charge is 0.483 e. The van der Waals surface area contributed by atoms with Gasteiger partial charge < -0.3 is 15.2 Å². The Hall–Kier alpha value is -2.46. The van der Waals surface area contributed by atoms with E-state index < -0.39 is 22.3 Å². The lowest BCUT2D eigenvalue weighted by atomic mass is 9.86. The number of halogens is 1. The number of hydrogen-bond acceptors (Lipinski definition) is 7. The number of nitrogens with two attached hydrogens (primary N) is 1. The molecule has 0 unspecified atom stereocenters. The van der Waals surface area contributed by atoms with Crippen molar-refractivity contribution in [2.45, 2.75) is 45.3 Å². The Bertz CT molecular complexity index is 1140. The molecular weight excluding hydrogens is 471 g/mol. The zero-order valence-corrected chi connectivity index (χ0v) is 21.1. The normalized spacial score (nSPS) is 22.6. The molecule has 4 rings (SSSR count). The van der Waals surface area contributed by atoms with Gasteiger partial charge in [-0.25, -0.2) is 4.39 Å². The summed E-state index contributed by atoms with van der Waals surface area (Å²) in [6, 6.07) is 10.9. The Labute approximate surface area is 206 Å². The number of carbonyl (C=O) groups is 1. The van der Waals surface area contributed by atoms with E-state index in [0.717, 1.165) is 11.1 Å². The Morgan fingerprint density at radius 3 is 2.60 bits per heavy atom. The van der Waals surface area contributed by atoms with Crippen LogP contribution in [-0.2, 0) is 27.9 Å². The van der Waals surface area contributed by atoms with Crippen LogP contribution in [0, 0.1) is 11.7 Å². The van der Waals surface area contributed by atoms with Crippen molar-refractivity contribution in [1.82, 2.24) is 0 Å². The van der Waals surface area contributed by atoms with Crippen LogP contribution in [0.2, 0.25) is 0 Å². The molecule has 35 heavy (non-hydrogen) atoms. The van der Waals surface area contributed by atoms with E-state index in [-0.39, 0.29) is 58.9 Å². The molecule has 2 saturated heterocycles. The summed E-state index contributed by atoms with van der Waals surface area (Å²) in [6.45, 7) is 7.46. The van der Waals surface area contributed by atoms with Gasteiger partial charge >= 0.3 is 0 Å².